The third-order valence-electron chi connectivity index (χ3n) is 5.34. The van der Waals surface area contributed by atoms with Crippen LogP contribution in [0.25, 0.3) is 0 Å². The van der Waals surface area contributed by atoms with E-state index in [1.807, 2.05) is 36.4 Å². The van der Waals surface area contributed by atoms with Gasteiger partial charge in [0.25, 0.3) is 0 Å². The van der Waals surface area contributed by atoms with E-state index in [9.17, 15) is 9.90 Å². The van der Waals surface area contributed by atoms with Crippen LogP contribution in [-0.2, 0) is 15.1 Å². The van der Waals surface area contributed by atoms with Crippen LogP contribution in [-0.4, -0.2) is 67.3 Å². The van der Waals surface area contributed by atoms with Gasteiger partial charge in [0, 0.05) is 19.6 Å². The highest BCUT2D eigenvalue weighted by Crippen LogP contribution is 2.31. The number of ether oxygens (including phenoxy) is 1. The number of aliphatic hydroxyl groups is 1. The summed E-state index contributed by atoms with van der Waals surface area (Å²) in [6, 6.07) is 18.0. The average molecular weight is 383 g/mol. The summed E-state index contributed by atoms with van der Waals surface area (Å²) >= 11 is 0. The van der Waals surface area contributed by atoms with Crippen molar-refractivity contribution in [3.05, 3.63) is 71.8 Å². The van der Waals surface area contributed by atoms with Crippen molar-refractivity contribution in [2.24, 2.45) is 0 Å². The quantitative estimate of drug-likeness (QED) is 0.589. The van der Waals surface area contributed by atoms with E-state index in [2.05, 4.69) is 16.8 Å². The second-order valence-electron chi connectivity index (χ2n) is 7.43. The summed E-state index contributed by atoms with van der Waals surface area (Å²) < 4.78 is 5.53. The number of hydrogen-bond acceptors (Lipinski definition) is 5. The molecule has 0 radical (unpaired) electrons. The highest BCUT2D eigenvalue weighted by atomic mass is 16.5. The molecule has 1 aliphatic rings. The minimum absolute atomic E-state index is 0.299. The van der Waals surface area contributed by atoms with Gasteiger partial charge in [-0.3, -0.25) is 0 Å². The predicted octanol–water partition coefficient (Wildman–Crippen LogP) is 2.49. The summed E-state index contributed by atoms with van der Waals surface area (Å²) in [5, 5.41) is 11.3. The van der Waals surface area contributed by atoms with Crippen LogP contribution in [0.15, 0.2) is 60.7 Å². The molecule has 0 aliphatic carbocycles. The van der Waals surface area contributed by atoms with Crippen LogP contribution in [0.1, 0.15) is 24.0 Å². The number of hydrogen-bond donors (Lipinski definition) is 1. The molecule has 1 N–H and O–H groups in total. The summed E-state index contributed by atoms with van der Waals surface area (Å²) in [6.07, 6.45) is 1.92. The van der Waals surface area contributed by atoms with Gasteiger partial charge in [-0.25, -0.2) is 4.79 Å². The molecule has 5 heteroatoms. The van der Waals surface area contributed by atoms with Gasteiger partial charge >= 0.3 is 5.97 Å². The SMILES string of the molecule is CN1CCCN(CCCOC(=O)C(O)(c2ccccc2)c2ccccc2)CC1. The first-order valence-electron chi connectivity index (χ1n) is 10.0. The summed E-state index contributed by atoms with van der Waals surface area (Å²) in [5.74, 6) is -0.625. The van der Waals surface area contributed by atoms with E-state index in [-0.39, 0.29) is 0 Å². The molecule has 0 atom stereocenters. The molecule has 0 spiro atoms. The Morgan fingerprint density at radius 2 is 1.57 bits per heavy atom. The second kappa shape index (κ2) is 9.82. The number of nitrogens with zero attached hydrogens (tertiary/aromatic N) is 2. The Hall–Kier alpha value is -2.21. The van der Waals surface area contributed by atoms with Gasteiger partial charge in [-0.1, -0.05) is 60.7 Å². The monoisotopic (exact) mass is 382 g/mol. The van der Waals surface area contributed by atoms with Gasteiger partial charge in [0.15, 0.2) is 0 Å². The van der Waals surface area contributed by atoms with E-state index in [0.717, 1.165) is 45.6 Å². The lowest BCUT2D eigenvalue weighted by atomic mass is 9.86. The largest absolute Gasteiger partial charge is 0.463 e. The van der Waals surface area contributed by atoms with Crippen LogP contribution in [0.4, 0.5) is 0 Å². The van der Waals surface area contributed by atoms with E-state index in [4.69, 9.17) is 4.74 Å². The zero-order chi connectivity index (χ0) is 19.8. The zero-order valence-electron chi connectivity index (χ0n) is 16.6. The summed E-state index contributed by atoms with van der Waals surface area (Å²) in [6.45, 7) is 5.52. The highest BCUT2D eigenvalue weighted by Gasteiger charge is 2.41. The van der Waals surface area contributed by atoms with E-state index in [1.165, 1.54) is 0 Å². The van der Waals surface area contributed by atoms with Gasteiger partial charge in [-0.15, -0.1) is 0 Å². The van der Waals surface area contributed by atoms with Crippen molar-refractivity contribution in [1.82, 2.24) is 9.80 Å². The molecule has 0 aromatic heterocycles. The van der Waals surface area contributed by atoms with Crippen molar-refractivity contribution in [3.8, 4) is 0 Å². The fraction of sp³-hybridized carbons (Fsp3) is 0.435. The highest BCUT2D eigenvalue weighted by molar-refractivity contribution is 5.85. The first-order chi connectivity index (χ1) is 13.6. The minimum Gasteiger partial charge on any atom is -0.463 e. The molecule has 0 amide bonds. The molecule has 1 aliphatic heterocycles. The minimum atomic E-state index is -1.80. The van der Waals surface area contributed by atoms with Crippen molar-refractivity contribution in [2.75, 3.05) is 46.4 Å². The maximum absolute atomic E-state index is 12.9. The van der Waals surface area contributed by atoms with Crippen LogP contribution in [0.2, 0.25) is 0 Å². The first-order valence-corrected chi connectivity index (χ1v) is 10.0. The van der Waals surface area contributed by atoms with E-state index >= 15 is 0 Å². The Kier molecular flexibility index (Phi) is 7.20. The second-order valence-corrected chi connectivity index (χ2v) is 7.43. The van der Waals surface area contributed by atoms with Gasteiger partial charge < -0.3 is 19.6 Å². The standard InChI is InChI=1S/C23H30N2O3/c1-24-14-8-15-25(18-17-24)16-9-19-28-22(26)23(27,20-10-4-2-5-11-20)21-12-6-3-7-13-21/h2-7,10-13,27H,8-9,14-19H2,1H3. The first kappa shape index (κ1) is 20.5. The summed E-state index contributed by atoms with van der Waals surface area (Å²) in [7, 11) is 2.15. The normalized spacial score (nSPS) is 16.5. The predicted molar refractivity (Wildman–Crippen MR) is 110 cm³/mol. The van der Waals surface area contributed by atoms with Crippen LogP contribution in [0.5, 0.6) is 0 Å². The molecule has 2 aromatic rings. The molecule has 1 saturated heterocycles. The molecular weight excluding hydrogens is 352 g/mol. The van der Waals surface area contributed by atoms with E-state index < -0.39 is 11.6 Å². The number of rotatable bonds is 7. The third kappa shape index (κ3) is 4.98. The fourth-order valence-electron chi connectivity index (χ4n) is 3.64. The molecule has 1 heterocycles. The number of benzene rings is 2. The van der Waals surface area contributed by atoms with Crippen LogP contribution >= 0.6 is 0 Å². The molecule has 0 bridgehead atoms. The molecule has 0 saturated carbocycles. The van der Waals surface area contributed by atoms with E-state index in [1.54, 1.807) is 24.3 Å². The molecule has 150 valence electrons. The number of esters is 1. The maximum atomic E-state index is 12.9. The van der Waals surface area contributed by atoms with Crippen molar-refractivity contribution < 1.29 is 14.6 Å². The lowest BCUT2D eigenvalue weighted by Gasteiger charge is -2.27. The Bertz CT molecular complexity index is 697. The van der Waals surface area contributed by atoms with Gasteiger partial charge in [0.1, 0.15) is 0 Å². The Morgan fingerprint density at radius 1 is 0.964 bits per heavy atom. The van der Waals surface area contributed by atoms with Gasteiger partial charge in [0.05, 0.1) is 6.61 Å². The molecule has 0 unspecified atom stereocenters. The average Bonchev–Trinajstić information content (AvgIpc) is 2.95. The van der Waals surface area contributed by atoms with Crippen molar-refractivity contribution >= 4 is 5.97 Å². The van der Waals surface area contributed by atoms with Gasteiger partial charge in [0.2, 0.25) is 5.60 Å². The van der Waals surface area contributed by atoms with Gasteiger partial charge in [-0.05, 0) is 44.1 Å². The van der Waals surface area contributed by atoms with Crippen LogP contribution in [0.3, 0.4) is 0 Å². The zero-order valence-corrected chi connectivity index (χ0v) is 16.6. The van der Waals surface area contributed by atoms with Crippen molar-refractivity contribution in [1.29, 1.82) is 0 Å². The molecular formula is C23H30N2O3. The molecule has 28 heavy (non-hydrogen) atoms. The number of likely N-dealkylation sites (N-methyl/N-ethyl adjacent to an activating group) is 1. The third-order valence-corrected chi connectivity index (χ3v) is 5.34. The van der Waals surface area contributed by atoms with Crippen molar-refractivity contribution in [3.63, 3.8) is 0 Å². The Labute approximate surface area is 167 Å². The number of carbonyl (C=O) groups excluding carboxylic acids is 1. The Balaban J connectivity index is 1.61. The van der Waals surface area contributed by atoms with Crippen LogP contribution in [0, 0.1) is 0 Å². The summed E-state index contributed by atoms with van der Waals surface area (Å²) in [5.41, 5.74) is -0.767. The Morgan fingerprint density at radius 3 is 2.18 bits per heavy atom. The number of carbonyl (C=O) groups is 1. The lowest BCUT2D eigenvalue weighted by molar-refractivity contribution is -0.162. The smallest absolute Gasteiger partial charge is 0.347 e. The summed E-state index contributed by atoms with van der Waals surface area (Å²) in [4.78, 5) is 17.7. The van der Waals surface area contributed by atoms with Crippen molar-refractivity contribution in [2.45, 2.75) is 18.4 Å². The fourth-order valence-corrected chi connectivity index (χ4v) is 3.64. The topological polar surface area (TPSA) is 53.0 Å². The molecule has 3 rings (SSSR count). The van der Waals surface area contributed by atoms with E-state index in [0.29, 0.717) is 17.7 Å². The van der Waals surface area contributed by atoms with Crippen LogP contribution < -0.4 is 0 Å². The molecule has 5 nitrogen and oxygen atoms in total. The molecule has 2 aromatic carbocycles. The van der Waals surface area contributed by atoms with Gasteiger partial charge in [-0.2, -0.15) is 0 Å². The molecule has 1 fully saturated rings. The maximum Gasteiger partial charge on any atom is 0.347 e. The lowest BCUT2D eigenvalue weighted by Crippen LogP contribution is -2.39.